The fourth-order valence-corrected chi connectivity index (χ4v) is 3.25. The molecule has 1 saturated heterocycles. The summed E-state index contributed by atoms with van der Waals surface area (Å²) < 4.78 is 16.2. The number of ether oxygens (including phenoxy) is 3. The molecule has 1 fully saturated rings. The minimum atomic E-state index is -0.0000926. The smallest absolute Gasteiger partial charge is 0.161 e. The molecule has 5 nitrogen and oxygen atoms in total. The lowest BCUT2D eigenvalue weighted by molar-refractivity contribution is 0.0969. The van der Waals surface area contributed by atoms with Crippen LogP contribution in [0.1, 0.15) is 19.8 Å². The molecule has 1 atom stereocenters. The quantitative estimate of drug-likeness (QED) is 0.830. The monoisotopic (exact) mass is 406 g/mol. The van der Waals surface area contributed by atoms with Gasteiger partial charge in [0.15, 0.2) is 11.5 Å². The van der Waals surface area contributed by atoms with Gasteiger partial charge in [0.2, 0.25) is 0 Å². The Hall–Kier alpha value is -2.11. The molecule has 0 spiro atoms. The molecule has 0 radical (unpaired) electrons. The van der Waals surface area contributed by atoms with Crippen LogP contribution in [0.3, 0.4) is 0 Å². The highest BCUT2D eigenvalue weighted by atomic mass is 35.5. The first kappa shape index (κ1) is 22.2. The first-order valence-corrected chi connectivity index (χ1v) is 9.67. The minimum Gasteiger partial charge on any atom is -0.497 e. The normalized spacial score (nSPS) is 18.4. The maximum absolute atomic E-state index is 5.53. The number of halogens is 1. The van der Waals surface area contributed by atoms with Crippen molar-refractivity contribution in [2.75, 3.05) is 38.3 Å². The van der Waals surface area contributed by atoms with E-state index in [1.165, 1.54) is 31.6 Å². The molecule has 1 unspecified atom stereocenters. The largest absolute Gasteiger partial charge is 0.497 e. The molecule has 0 amide bonds. The molecular formula is C22H31ClN2O3. The Balaban J connectivity index is 0.000000198. The number of methoxy groups -OCH3 is 1. The van der Waals surface area contributed by atoms with Gasteiger partial charge < -0.3 is 24.8 Å². The Kier molecular flexibility index (Phi) is 8.74. The average Bonchev–Trinajstić information content (AvgIpc) is 2.74. The number of nitrogens with zero attached hydrogens (tertiary/aromatic N) is 1. The number of piperidine rings is 1. The second kappa shape index (κ2) is 11.0. The molecule has 0 aromatic heterocycles. The summed E-state index contributed by atoms with van der Waals surface area (Å²) in [5.74, 6) is 3.43. The number of nitrogens with two attached hydrogens (primary N) is 1. The van der Waals surface area contributed by atoms with E-state index in [2.05, 4.69) is 30.0 Å². The molecule has 0 saturated carbocycles. The van der Waals surface area contributed by atoms with Crippen LogP contribution >= 0.6 is 12.4 Å². The van der Waals surface area contributed by atoms with Gasteiger partial charge in [0, 0.05) is 31.4 Å². The van der Waals surface area contributed by atoms with Gasteiger partial charge in [0.1, 0.15) is 18.5 Å². The highest BCUT2D eigenvalue weighted by Crippen LogP contribution is 2.30. The van der Waals surface area contributed by atoms with Crippen molar-refractivity contribution in [2.24, 2.45) is 11.7 Å². The van der Waals surface area contributed by atoms with E-state index >= 15 is 0 Å². The zero-order valence-corrected chi connectivity index (χ0v) is 17.5. The number of para-hydroxylation sites is 2. The van der Waals surface area contributed by atoms with Crippen LogP contribution in [0.5, 0.6) is 17.2 Å². The van der Waals surface area contributed by atoms with Crippen LogP contribution in [-0.2, 0) is 0 Å². The Morgan fingerprint density at radius 2 is 1.79 bits per heavy atom. The Bertz CT molecular complexity index is 720. The van der Waals surface area contributed by atoms with Crippen LogP contribution in [0.2, 0.25) is 0 Å². The second-order valence-electron chi connectivity index (χ2n) is 7.10. The second-order valence-corrected chi connectivity index (χ2v) is 7.10. The summed E-state index contributed by atoms with van der Waals surface area (Å²) in [6.07, 6.45) is 2.61. The summed E-state index contributed by atoms with van der Waals surface area (Å²) in [5.41, 5.74) is 6.75. The van der Waals surface area contributed by atoms with Crippen LogP contribution in [0.15, 0.2) is 48.5 Å². The van der Waals surface area contributed by atoms with Crippen molar-refractivity contribution in [1.82, 2.24) is 0 Å². The summed E-state index contributed by atoms with van der Waals surface area (Å²) in [7, 11) is 1.72. The lowest BCUT2D eigenvalue weighted by Crippen LogP contribution is -2.35. The van der Waals surface area contributed by atoms with Crippen molar-refractivity contribution in [3.05, 3.63) is 48.5 Å². The van der Waals surface area contributed by atoms with E-state index in [-0.39, 0.29) is 18.5 Å². The summed E-state index contributed by atoms with van der Waals surface area (Å²) in [5, 5.41) is 0. The van der Waals surface area contributed by atoms with Gasteiger partial charge in [-0.1, -0.05) is 25.1 Å². The van der Waals surface area contributed by atoms with Gasteiger partial charge >= 0.3 is 0 Å². The number of benzene rings is 2. The standard InChI is InChI=1S/C13H19NO.C9H11NO2.ClH/c1-11-6-8-14(9-7-11)12-4-3-5-13(10-12)15-2;10-5-7-6-11-8-3-1-2-4-9(8)12-7;/h3-5,10-11H,6-9H2,1-2H3;1-4,7H,5-6,10H2;1H. The maximum atomic E-state index is 5.53. The fourth-order valence-electron chi connectivity index (χ4n) is 3.25. The van der Waals surface area contributed by atoms with Crippen molar-refractivity contribution >= 4 is 18.1 Å². The highest BCUT2D eigenvalue weighted by molar-refractivity contribution is 5.85. The first-order valence-electron chi connectivity index (χ1n) is 9.67. The van der Waals surface area contributed by atoms with Crippen molar-refractivity contribution in [2.45, 2.75) is 25.9 Å². The van der Waals surface area contributed by atoms with Crippen molar-refractivity contribution in [1.29, 1.82) is 0 Å². The molecule has 154 valence electrons. The average molecular weight is 407 g/mol. The molecule has 2 aliphatic heterocycles. The van der Waals surface area contributed by atoms with E-state index in [4.69, 9.17) is 19.9 Å². The van der Waals surface area contributed by atoms with Gasteiger partial charge in [-0.3, -0.25) is 0 Å². The molecule has 2 N–H and O–H groups in total. The van der Waals surface area contributed by atoms with Crippen LogP contribution in [0.25, 0.3) is 0 Å². The molecule has 0 aliphatic carbocycles. The zero-order valence-electron chi connectivity index (χ0n) is 16.7. The van der Waals surface area contributed by atoms with Crippen LogP contribution in [-0.4, -0.2) is 39.5 Å². The Morgan fingerprint density at radius 1 is 1.07 bits per heavy atom. The van der Waals surface area contributed by atoms with Gasteiger partial charge in [0.05, 0.1) is 7.11 Å². The minimum absolute atomic E-state index is 0. The lowest BCUT2D eigenvalue weighted by atomic mass is 9.99. The fraction of sp³-hybridized carbons (Fsp3) is 0.455. The Morgan fingerprint density at radius 3 is 2.46 bits per heavy atom. The Labute approximate surface area is 174 Å². The van der Waals surface area contributed by atoms with E-state index in [1.807, 2.05) is 30.3 Å². The molecule has 2 heterocycles. The van der Waals surface area contributed by atoms with E-state index in [0.717, 1.165) is 23.2 Å². The third-order valence-electron chi connectivity index (χ3n) is 5.03. The van der Waals surface area contributed by atoms with Gasteiger partial charge in [-0.15, -0.1) is 12.4 Å². The van der Waals surface area contributed by atoms with E-state index < -0.39 is 0 Å². The number of anilines is 1. The van der Waals surface area contributed by atoms with Crippen molar-refractivity contribution < 1.29 is 14.2 Å². The number of hydrogen-bond donors (Lipinski definition) is 1. The van der Waals surface area contributed by atoms with E-state index in [9.17, 15) is 0 Å². The van der Waals surface area contributed by atoms with E-state index in [0.29, 0.717) is 13.2 Å². The molecule has 2 aliphatic rings. The van der Waals surface area contributed by atoms with Crippen molar-refractivity contribution in [3.8, 4) is 17.2 Å². The third kappa shape index (κ3) is 5.94. The van der Waals surface area contributed by atoms with Gasteiger partial charge in [-0.2, -0.15) is 0 Å². The van der Waals surface area contributed by atoms with Crippen LogP contribution in [0, 0.1) is 5.92 Å². The summed E-state index contributed by atoms with van der Waals surface area (Å²) >= 11 is 0. The number of hydrogen-bond acceptors (Lipinski definition) is 5. The van der Waals surface area contributed by atoms with Gasteiger partial charge in [-0.05, 0) is 43.0 Å². The predicted molar refractivity (Wildman–Crippen MR) is 116 cm³/mol. The predicted octanol–water partition coefficient (Wildman–Crippen LogP) is 4.14. The number of fused-ring (bicyclic) bond motifs is 1. The molecule has 0 bridgehead atoms. The maximum Gasteiger partial charge on any atom is 0.161 e. The van der Waals surface area contributed by atoms with E-state index in [1.54, 1.807) is 7.11 Å². The molecule has 6 heteroatoms. The third-order valence-corrected chi connectivity index (χ3v) is 5.03. The summed E-state index contributed by atoms with van der Waals surface area (Å²) in [4.78, 5) is 2.45. The van der Waals surface area contributed by atoms with Crippen LogP contribution in [0.4, 0.5) is 5.69 Å². The molecule has 2 aromatic rings. The summed E-state index contributed by atoms with van der Waals surface area (Å²) in [6.45, 7) is 5.73. The SMILES string of the molecule is COc1cccc(N2CCC(C)CC2)c1.Cl.NCC1COc2ccccc2O1. The van der Waals surface area contributed by atoms with Gasteiger partial charge in [0.25, 0.3) is 0 Å². The molecular weight excluding hydrogens is 376 g/mol. The van der Waals surface area contributed by atoms with Gasteiger partial charge in [-0.25, -0.2) is 0 Å². The lowest BCUT2D eigenvalue weighted by Gasteiger charge is -2.32. The van der Waals surface area contributed by atoms with Crippen molar-refractivity contribution in [3.63, 3.8) is 0 Å². The van der Waals surface area contributed by atoms with Crippen LogP contribution < -0.4 is 24.8 Å². The zero-order chi connectivity index (χ0) is 19.1. The molecule has 28 heavy (non-hydrogen) atoms. The molecule has 4 rings (SSSR count). The number of rotatable bonds is 3. The highest BCUT2D eigenvalue weighted by Gasteiger charge is 2.18. The first-order chi connectivity index (χ1) is 13.2. The molecule has 2 aromatic carbocycles. The topological polar surface area (TPSA) is 57.0 Å². The summed E-state index contributed by atoms with van der Waals surface area (Å²) in [6, 6.07) is 16.0.